The molecular formula is C16H19IN2. The van der Waals surface area contributed by atoms with Crippen LogP contribution in [0.4, 0.5) is 0 Å². The van der Waals surface area contributed by atoms with Crippen molar-refractivity contribution in [2.24, 2.45) is 0 Å². The van der Waals surface area contributed by atoms with E-state index in [0.29, 0.717) is 0 Å². The molecule has 19 heavy (non-hydrogen) atoms. The predicted molar refractivity (Wildman–Crippen MR) is 88.3 cm³/mol. The summed E-state index contributed by atoms with van der Waals surface area (Å²) >= 11 is 2.33. The summed E-state index contributed by atoms with van der Waals surface area (Å²) in [7, 11) is 0. The van der Waals surface area contributed by atoms with Gasteiger partial charge in [-0.05, 0) is 71.8 Å². The lowest BCUT2D eigenvalue weighted by Crippen LogP contribution is -2.23. The summed E-state index contributed by atoms with van der Waals surface area (Å²) in [6, 6.07) is 13.1. The SMILES string of the molecule is CCCNC(c1ccc(I)cc1)c1ccc(C)nc1. The van der Waals surface area contributed by atoms with Crippen LogP contribution >= 0.6 is 22.6 Å². The van der Waals surface area contributed by atoms with Gasteiger partial charge in [0.2, 0.25) is 0 Å². The van der Waals surface area contributed by atoms with Crippen molar-refractivity contribution in [2.75, 3.05) is 6.54 Å². The summed E-state index contributed by atoms with van der Waals surface area (Å²) < 4.78 is 1.26. The van der Waals surface area contributed by atoms with E-state index in [2.05, 4.69) is 76.2 Å². The molecule has 0 aliphatic carbocycles. The maximum atomic E-state index is 4.41. The van der Waals surface area contributed by atoms with Gasteiger partial charge >= 0.3 is 0 Å². The molecule has 0 radical (unpaired) electrons. The van der Waals surface area contributed by atoms with Gasteiger partial charge in [-0.3, -0.25) is 4.98 Å². The van der Waals surface area contributed by atoms with Crippen molar-refractivity contribution in [3.05, 3.63) is 63.0 Å². The van der Waals surface area contributed by atoms with Gasteiger partial charge < -0.3 is 5.32 Å². The molecule has 0 saturated heterocycles. The third kappa shape index (κ3) is 4.01. The molecule has 1 aromatic heterocycles. The summed E-state index contributed by atoms with van der Waals surface area (Å²) in [4.78, 5) is 4.41. The number of pyridine rings is 1. The fourth-order valence-electron chi connectivity index (χ4n) is 2.02. The summed E-state index contributed by atoms with van der Waals surface area (Å²) in [5.41, 5.74) is 3.57. The summed E-state index contributed by atoms with van der Waals surface area (Å²) in [5, 5.41) is 3.60. The van der Waals surface area contributed by atoms with Crippen molar-refractivity contribution < 1.29 is 0 Å². The molecule has 2 rings (SSSR count). The number of nitrogens with one attached hydrogen (secondary N) is 1. The lowest BCUT2D eigenvalue weighted by molar-refractivity contribution is 0.597. The van der Waals surface area contributed by atoms with Gasteiger partial charge in [-0.1, -0.05) is 25.1 Å². The van der Waals surface area contributed by atoms with Crippen molar-refractivity contribution in [1.29, 1.82) is 0 Å². The fourth-order valence-corrected chi connectivity index (χ4v) is 2.38. The summed E-state index contributed by atoms with van der Waals surface area (Å²) in [5.74, 6) is 0. The molecule has 1 aromatic carbocycles. The second-order valence-corrected chi connectivity index (χ2v) is 5.92. The lowest BCUT2D eigenvalue weighted by atomic mass is 10.00. The van der Waals surface area contributed by atoms with E-state index >= 15 is 0 Å². The van der Waals surface area contributed by atoms with E-state index in [-0.39, 0.29) is 6.04 Å². The van der Waals surface area contributed by atoms with Crippen molar-refractivity contribution in [1.82, 2.24) is 10.3 Å². The van der Waals surface area contributed by atoms with Gasteiger partial charge in [-0.25, -0.2) is 0 Å². The first kappa shape index (κ1) is 14.5. The van der Waals surface area contributed by atoms with Crippen LogP contribution in [0.1, 0.15) is 36.2 Å². The number of benzene rings is 1. The molecule has 0 fully saturated rings. The average molecular weight is 366 g/mol. The highest BCUT2D eigenvalue weighted by Crippen LogP contribution is 2.22. The normalized spacial score (nSPS) is 12.4. The minimum Gasteiger partial charge on any atom is -0.306 e. The molecule has 2 nitrogen and oxygen atoms in total. The fraction of sp³-hybridized carbons (Fsp3) is 0.312. The molecule has 0 spiro atoms. The first-order valence-electron chi connectivity index (χ1n) is 6.62. The zero-order valence-corrected chi connectivity index (χ0v) is 13.5. The monoisotopic (exact) mass is 366 g/mol. The Kier molecular flexibility index (Phi) is 5.34. The van der Waals surface area contributed by atoms with Crippen LogP contribution in [-0.4, -0.2) is 11.5 Å². The number of hydrogen-bond acceptors (Lipinski definition) is 2. The first-order chi connectivity index (χ1) is 9.20. The van der Waals surface area contributed by atoms with Crippen molar-refractivity contribution in [2.45, 2.75) is 26.3 Å². The van der Waals surface area contributed by atoms with Gasteiger partial charge in [0.25, 0.3) is 0 Å². The Morgan fingerprint density at radius 3 is 2.37 bits per heavy atom. The Morgan fingerprint density at radius 1 is 1.11 bits per heavy atom. The quantitative estimate of drug-likeness (QED) is 0.807. The molecule has 0 aliphatic rings. The van der Waals surface area contributed by atoms with Crippen LogP contribution < -0.4 is 5.32 Å². The summed E-state index contributed by atoms with van der Waals surface area (Å²) in [6.07, 6.45) is 3.10. The van der Waals surface area contributed by atoms with E-state index in [0.717, 1.165) is 18.7 Å². The number of aromatic nitrogens is 1. The van der Waals surface area contributed by atoms with Crippen LogP contribution in [0, 0.1) is 10.5 Å². The third-order valence-corrected chi connectivity index (χ3v) is 3.79. The smallest absolute Gasteiger partial charge is 0.0591 e. The molecule has 1 atom stereocenters. The highest BCUT2D eigenvalue weighted by molar-refractivity contribution is 14.1. The minimum absolute atomic E-state index is 0.227. The van der Waals surface area contributed by atoms with Crippen molar-refractivity contribution >= 4 is 22.6 Å². The topological polar surface area (TPSA) is 24.9 Å². The lowest BCUT2D eigenvalue weighted by Gasteiger charge is -2.19. The first-order valence-corrected chi connectivity index (χ1v) is 7.70. The van der Waals surface area contributed by atoms with E-state index in [1.165, 1.54) is 14.7 Å². The average Bonchev–Trinajstić information content (AvgIpc) is 2.43. The van der Waals surface area contributed by atoms with Crippen LogP contribution in [0.15, 0.2) is 42.6 Å². The number of nitrogens with zero attached hydrogens (tertiary/aromatic N) is 1. The molecule has 0 saturated carbocycles. The molecule has 1 N–H and O–H groups in total. The molecule has 3 heteroatoms. The van der Waals surface area contributed by atoms with E-state index in [1.54, 1.807) is 0 Å². The zero-order chi connectivity index (χ0) is 13.7. The molecular weight excluding hydrogens is 347 g/mol. The van der Waals surface area contributed by atoms with Gasteiger partial charge in [0, 0.05) is 15.5 Å². The molecule has 0 amide bonds. The standard InChI is InChI=1S/C16H19IN2/c1-3-10-18-16(13-6-8-15(17)9-7-13)14-5-4-12(2)19-11-14/h4-9,11,16,18H,3,10H2,1-2H3. The van der Waals surface area contributed by atoms with Crippen LogP contribution in [-0.2, 0) is 0 Å². The Morgan fingerprint density at radius 2 is 1.79 bits per heavy atom. The van der Waals surface area contributed by atoms with E-state index < -0.39 is 0 Å². The number of hydrogen-bond donors (Lipinski definition) is 1. The number of halogens is 1. The largest absolute Gasteiger partial charge is 0.306 e. The number of aryl methyl sites for hydroxylation is 1. The van der Waals surface area contributed by atoms with Crippen LogP contribution in [0.5, 0.6) is 0 Å². The van der Waals surface area contributed by atoms with Crippen molar-refractivity contribution in [3.63, 3.8) is 0 Å². The molecule has 100 valence electrons. The molecule has 0 aliphatic heterocycles. The maximum Gasteiger partial charge on any atom is 0.0591 e. The highest BCUT2D eigenvalue weighted by Gasteiger charge is 2.13. The Labute approximate surface area is 128 Å². The van der Waals surface area contributed by atoms with Gasteiger partial charge in [0.15, 0.2) is 0 Å². The Bertz CT molecular complexity index is 460. The molecule has 0 bridgehead atoms. The van der Waals surface area contributed by atoms with Gasteiger partial charge in [0.1, 0.15) is 0 Å². The van der Waals surface area contributed by atoms with E-state index in [1.807, 2.05) is 13.1 Å². The molecule has 2 aromatic rings. The van der Waals surface area contributed by atoms with Crippen LogP contribution in [0.2, 0.25) is 0 Å². The predicted octanol–water partition coefficient (Wildman–Crippen LogP) is 4.08. The maximum absolute atomic E-state index is 4.41. The third-order valence-electron chi connectivity index (χ3n) is 3.07. The van der Waals surface area contributed by atoms with Gasteiger partial charge in [-0.15, -0.1) is 0 Å². The van der Waals surface area contributed by atoms with E-state index in [9.17, 15) is 0 Å². The van der Waals surface area contributed by atoms with Crippen molar-refractivity contribution in [3.8, 4) is 0 Å². The van der Waals surface area contributed by atoms with Gasteiger partial charge in [0.05, 0.1) is 6.04 Å². The Hall–Kier alpha value is -0.940. The van der Waals surface area contributed by atoms with Crippen LogP contribution in [0.25, 0.3) is 0 Å². The second-order valence-electron chi connectivity index (χ2n) is 4.67. The minimum atomic E-state index is 0.227. The highest BCUT2D eigenvalue weighted by atomic mass is 127. The van der Waals surface area contributed by atoms with Crippen LogP contribution in [0.3, 0.4) is 0 Å². The number of rotatable bonds is 5. The molecule has 1 heterocycles. The van der Waals surface area contributed by atoms with E-state index in [4.69, 9.17) is 0 Å². The molecule has 1 unspecified atom stereocenters. The second kappa shape index (κ2) is 7.01. The zero-order valence-electron chi connectivity index (χ0n) is 11.4. The van der Waals surface area contributed by atoms with Gasteiger partial charge in [-0.2, -0.15) is 0 Å². The Balaban J connectivity index is 2.29. The summed E-state index contributed by atoms with van der Waals surface area (Å²) in [6.45, 7) is 5.21.